The SMILES string of the molecule is c1ccc(-c2ccc(N(c3ccc(-c4ccc5sc6c(-c7ccccc7)cccc6c5c4)cc3)c3c(-c4ccccc4)ccc4c3oc3ccccc34)cc2)cc1. The van der Waals surface area contributed by atoms with Gasteiger partial charge < -0.3 is 9.32 Å². The second-order valence-corrected chi connectivity index (χ2v) is 15.5. The Morgan fingerprint density at radius 2 is 0.895 bits per heavy atom. The van der Waals surface area contributed by atoms with Crippen LogP contribution < -0.4 is 4.90 Å². The molecule has 0 saturated carbocycles. The summed E-state index contributed by atoms with van der Waals surface area (Å²) >= 11 is 1.87. The van der Waals surface area contributed by atoms with Crippen LogP contribution in [0.25, 0.3) is 86.6 Å². The number of rotatable bonds is 7. The lowest BCUT2D eigenvalue weighted by Gasteiger charge is -2.28. The normalized spacial score (nSPS) is 11.5. The van der Waals surface area contributed by atoms with Crippen LogP contribution in [0.3, 0.4) is 0 Å². The Labute approximate surface area is 335 Å². The molecule has 0 amide bonds. The van der Waals surface area contributed by atoms with Crippen LogP contribution in [-0.4, -0.2) is 0 Å². The van der Waals surface area contributed by atoms with Gasteiger partial charge in [0, 0.05) is 47.9 Å². The van der Waals surface area contributed by atoms with Crippen LogP contribution in [0.5, 0.6) is 0 Å². The van der Waals surface area contributed by atoms with Gasteiger partial charge in [-0.25, -0.2) is 0 Å². The molecule has 0 aliphatic rings. The molecular weight excluding hydrogens is 711 g/mol. The minimum atomic E-state index is 0.860. The van der Waals surface area contributed by atoms with Gasteiger partial charge in [-0.15, -0.1) is 11.3 Å². The van der Waals surface area contributed by atoms with Gasteiger partial charge in [-0.3, -0.25) is 0 Å². The molecule has 2 aromatic heterocycles. The molecule has 0 aliphatic heterocycles. The minimum absolute atomic E-state index is 0.860. The summed E-state index contributed by atoms with van der Waals surface area (Å²) in [6.07, 6.45) is 0. The van der Waals surface area contributed by atoms with E-state index in [1.165, 1.54) is 53.6 Å². The van der Waals surface area contributed by atoms with E-state index in [1.54, 1.807) is 0 Å². The average molecular weight is 746 g/mol. The molecule has 3 heteroatoms. The fraction of sp³-hybridized carbons (Fsp3) is 0. The first kappa shape index (κ1) is 33.2. The van der Waals surface area contributed by atoms with Crippen molar-refractivity contribution in [2.45, 2.75) is 0 Å². The maximum atomic E-state index is 6.82. The molecule has 0 saturated heterocycles. The topological polar surface area (TPSA) is 16.4 Å². The Hall–Kier alpha value is -7.20. The highest BCUT2D eigenvalue weighted by molar-refractivity contribution is 7.26. The first-order valence-electron chi connectivity index (χ1n) is 19.3. The van der Waals surface area contributed by atoms with Crippen molar-refractivity contribution in [3.05, 3.63) is 212 Å². The summed E-state index contributed by atoms with van der Waals surface area (Å²) in [5.74, 6) is 0. The second-order valence-electron chi connectivity index (χ2n) is 14.5. The lowest BCUT2D eigenvalue weighted by molar-refractivity contribution is 0.669. The number of anilines is 3. The summed E-state index contributed by atoms with van der Waals surface area (Å²) in [6, 6.07) is 76.2. The van der Waals surface area contributed by atoms with Crippen molar-refractivity contribution < 1.29 is 4.42 Å². The maximum Gasteiger partial charge on any atom is 0.160 e. The summed E-state index contributed by atoms with van der Waals surface area (Å²) in [5, 5.41) is 4.79. The van der Waals surface area contributed by atoms with Crippen LogP contribution in [0.15, 0.2) is 217 Å². The van der Waals surface area contributed by atoms with Crippen LogP contribution in [0.1, 0.15) is 0 Å². The van der Waals surface area contributed by atoms with Crippen molar-refractivity contribution >= 4 is 70.5 Å². The van der Waals surface area contributed by atoms with Crippen LogP contribution in [0.4, 0.5) is 17.1 Å². The molecule has 11 rings (SSSR count). The minimum Gasteiger partial charge on any atom is -0.454 e. The molecule has 2 nitrogen and oxygen atoms in total. The predicted octanol–water partition coefficient (Wildman–Crippen LogP) is 16.1. The summed E-state index contributed by atoms with van der Waals surface area (Å²) < 4.78 is 9.45. The summed E-state index contributed by atoms with van der Waals surface area (Å²) in [4.78, 5) is 2.37. The predicted molar refractivity (Wildman–Crippen MR) is 243 cm³/mol. The second kappa shape index (κ2) is 13.8. The largest absolute Gasteiger partial charge is 0.454 e. The van der Waals surface area contributed by atoms with Gasteiger partial charge in [-0.2, -0.15) is 0 Å². The van der Waals surface area contributed by atoms with Gasteiger partial charge in [0.2, 0.25) is 0 Å². The van der Waals surface area contributed by atoms with Crippen LogP contribution >= 0.6 is 11.3 Å². The van der Waals surface area contributed by atoms with Crippen molar-refractivity contribution in [2.24, 2.45) is 0 Å². The number of fused-ring (bicyclic) bond motifs is 6. The molecule has 0 aliphatic carbocycles. The fourth-order valence-corrected chi connectivity index (χ4v) is 9.53. The highest BCUT2D eigenvalue weighted by Crippen LogP contribution is 2.48. The molecular formula is C54H35NOS. The van der Waals surface area contributed by atoms with E-state index in [9.17, 15) is 0 Å². The van der Waals surface area contributed by atoms with Crippen LogP contribution in [0.2, 0.25) is 0 Å². The summed E-state index contributed by atoms with van der Waals surface area (Å²) in [5.41, 5.74) is 14.3. The van der Waals surface area contributed by atoms with E-state index >= 15 is 0 Å². The number of hydrogen-bond donors (Lipinski definition) is 0. The zero-order chi connectivity index (χ0) is 37.7. The zero-order valence-electron chi connectivity index (χ0n) is 31.0. The number of thiophene rings is 1. The Kier molecular flexibility index (Phi) is 8.04. The molecule has 0 radical (unpaired) electrons. The summed E-state index contributed by atoms with van der Waals surface area (Å²) in [7, 11) is 0. The van der Waals surface area contributed by atoms with Crippen molar-refractivity contribution in [3.8, 4) is 44.5 Å². The third kappa shape index (κ3) is 5.80. The van der Waals surface area contributed by atoms with Crippen molar-refractivity contribution in [3.63, 3.8) is 0 Å². The third-order valence-corrected chi connectivity index (χ3v) is 12.3. The molecule has 0 N–H and O–H groups in total. The zero-order valence-corrected chi connectivity index (χ0v) is 31.8. The van der Waals surface area contributed by atoms with E-state index in [-0.39, 0.29) is 0 Å². The van der Waals surface area contributed by atoms with Crippen molar-refractivity contribution in [2.75, 3.05) is 4.90 Å². The summed E-state index contributed by atoms with van der Waals surface area (Å²) in [6.45, 7) is 0. The Morgan fingerprint density at radius 3 is 1.58 bits per heavy atom. The lowest BCUT2D eigenvalue weighted by Crippen LogP contribution is -2.11. The highest BCUT2D eigenvalue weighted by atomic mass is 32.1. The average Bonchev–Trinajstić information content (AvgIpc) is 3.86. The molecule has 57 heavy (non-hydrogen) atoms. The van der Waals surface area contributed by atoms with E-state index in [4.69, 9.17) is 4.42 Å². The first-order valence-corrected chi connectivity index (χ1v) is 20.1. The van der Waals surface area contributed by atoms with Crippen LogP contribution in [-0.2, 0) is 0 Å². The number of furan rings is 1. The quantitative estimate of drug-likeness (QED) is 0.162. The van der Waals surface area contributed by atoms with Gasteiger partial charge in [0.25, 0.3) is 0 Å². The van der Waals surface area contributed by atoms with E-state index < -0.39 is 0 Å². The standard InChI is InChI=1S/C54H35NOS/c1-4-13-36(14-5-1)37-23-28-42(29-24-37)55(52-44(39-15-6-2-7-16-39)32-33-47-46-19-10-11-22-50(46)56-53(47)52)43-30-25-38(26-31-43)41-27-34-51-49(35-41)48-21-12-20-45(54(48)57-51)40-17-8-3-9-18-40/h1-35H. The van der Waals surface area contributed by atoms with Gasteiger partial charge in [-0.05, 0) is 87.5 Å². The van der Waals surface area contributed by atoms with E-state index in [1.807, 2.05) is 17.4 Å². The van der Waals surface area contributed by atoms with Crippen LogP contribution in [0, 0.1) is 0 Å². The fourth-order valence-electron chi connectivity index (χ4n) is 8.31. The highest BCUT2D eigenvalue weighted by Gasteiger charge is 2.24. The molecule has 2 heterocycles. The molecule has 0 fully saturated rings. The van der Waals surface area contributed by atoms with Gasteiger partial charge in [0.1, 0.15) is 5.58 Å². The number of nitrogens with zero attached hydrogens (tertiary/aromatic N) is 1. The lowest BCUT2D eigenvalue weighted by atomic mass is 9.98. The molecule has 0 spiro atoms. The van der Waals surface area contributed by atoms with Gasteiger partial charge in [-0.1, -0.05) is 164 Å². The Bertz CT molecular complexity index is 3200. The number of benzene rings is 9. The number of hydrogen-bond acceptors (Lipinski definition) is 3. The van der Waals surface area contributed by atoms with Gasteiger partial charge in [0.05, 0.1) is 5.69 Å². The van der Waals surface area contributed by atoms with E-state index in [0.29, 0.717) is 0 Å². The molecule has 0 unspecified atom stereocenters. The van der Waals surface area contributed by atoms with E-state index in [0.717, 1.165) is 50.1 Å². The van der Waals surface area contributed by atoms with Crippen molar-refractivity contribution in [1.29, 1.82) is 0 Å². The molecule has 0 bridgehead atoms. The Balaban J connectivity index is 1.07. The third-order valence-electron chi connectivity index (χ3n) is 11.1. The molecule has 11 aromatic rings. The van der Waals surface area contributed by atoms with Crippen molar-refractivity contribution in [1.82, 2.24) is 0 Å². The molecule has 9 aromatic carbocycles. The van der Waals surface area contributed by atoms with E-state index in [2.05, 4.69) is 211 Å². The smallest absolute Gasteiger partial charge is 0.160 e. The molecule has 0 atom stereocenters. The molecule has 268 valence electrons. The number of para-hydroxylation sites is 1. The van der Waals surface area contributed by atoms with Gasteiger partial charge in [0.15, 0.2) is 5.58 Å². The van der Waals surface area contributed by atoms with Gasteiger partial charge >= 0.3 is 0 Å². The maximum absolute atomic E-state index is 6.82. The monoisotopic (exact) mass is 745 g/mol. The first-order chi connectivity index (χ1) is 28.3. The Morgan fingerprint density at radius 1 is 0.351 bits per heavy atom.